The van der Waals surface area contributed by atoms with Crippen molar-refractivity contribution in [2.24, 2.45) is 5.73 Å². The van der Waals surface area contributed by atoms with E-state index in [9.17, 15) is 88.5 Å². The molecule has 1 amide bonds. The second kappa shape index (κ2) is 56.4. The molecule has 11 aromatic rings. The van der Waals surface area contributed by atoms with Gasteiger partial charge in [0, 0.05) is 272 Å². The molecular weight excluding hydrogens is 2740 g/mol. The van der Waals surface area contributed by atoms with E-state index in [-0.39, 0.29) is 323 Å². The summed E-state index contributed by atoms with van der Waals surface area (Å²) in [6.45, 7) is -1.39. The molecule has 0 bridgehead atoms. The molecule has 33 nitrogen and oxygen atoms in total. The first-order valence-corrected chi connectivity index (χ1v) is 38.7. The van der Waals surface area contributed by atoms with E-state index in [0.717, 1.165) is 22.6 Å². The fraction of sp³-hybridized carbons (Fsp3) is 0.232. The minimum atomic E-state index is -1.43. The van der Waals surface area contributed by atoms with Crippen LogP contribution in [0.1, 0.15) is 110 Å². The van der Waals surface area contributed by atoms with Crippen LogP contribution in [-0.4, -0.2) is 103 Å². The van der Waals surface area contributed by atoms with Crippen molar-refractivity contribution in [2.45, 2.75) is 128 Å². The van der Waals surface area contributed by atoms with E-state index in [0.29, 0.717) is 84.3 Å². The van der Waals surface area contributed by atoms with Gasteiger partial charge >= 0.3 is 58.1 Å². The number of hydrogen-bond acceptors (Lipinski definition) is 29. The maximum atomic E-state index is 11.8. The van der Waals surface area contributed by atoms with Crippen LogP contribution in [0.3, 0.4) is 0 Å². The number of rotatable bonds is 18. The number of fused-ring (bicyclic) bond motifs is 7. The van der Waals surface area contributed by atoms with Gasteiger partial charge in [0.25, 0.3) is 0 Å². The number of alkyl carbamates (subject to hydrolysis) is 1. The van der Waals surface area contributed by atoms with Gasteiger partial charge in [0.2, 0.25) is 0 Å². The summed E-state index contributed by atoms with van der Waals surface area (Å²) in [5.41, 5.74) is 7.51. The molecular formula is C82H82Ac3Br6Cl2N2O31. The van der Waals surface area contributed by atoms with Crippen molar-refractivity contribution in [1.82, 2.24) is 5.32 Å². The number of nitrogens with one attached hydrogen (secondary N) is 1. The average molecular weight is 2820 g/mol. The zero-order chi connectivity index (χ0) is 86.1. The largest absolute Gasteiger partial charge is 0.508 e. The summed E-state index contributed by atoms with van der Waals surface area (Å²) in [6.07, 6.45) is -1.93. The number of aliphatic hydroxyl groups excluding tert-OH is 3. The van der Waals surface area contributed by atoms with E-state index < -0.39 is 76.6 Å². The number of carbonyl (C=O) groups is 5. The van der Waals surface area contributed by atoms with Crippen LogP contribution in [0.5, 0.6) is 34.5 Å². The zero-order valence-corrected chi connectivity index (χ0v) is 86.1. The molecule has 0 spiro atoms. The average Bonchev–Trinajstić information content (AvgIpc) is 0.777. The maximum Gasteiger partial charge on any atom is 0.408 e. The first-order valence-electron chi connectivity index (χ1n) is 33.0. The van der Waals surface area contributed by atoms with Crippen LogP contribution < -0.4 is 44.6 Å². The number of phenols is 6. The second-order valence-corrected chi connectivity index (χ2v) is 29.9. The molecule has 0 fully saturated rings. The predicted octanol–water partition coefficient (Wildman–Crippen LogP) is 17.5. The molecule has 1 aliphatic heterocycles. The Kier molecular flexibility index (Phi) is 54.4. The van der Waals surface area contributed by atoms with Crippen molar-refractivity contribution >= 4 is 215 Å². The number of aliphatic carboxylic acids is 3. The number of phenolic OH excluding ortho intramolecular Hbond substituents is 6. The van der Waals surface area contributed by atoms with Crippen LogP contribution in [0.2, 0.25) is 5.02 Å². The van der Waals surface area contributed by atoms with E-state index in [4.69, 9.17) is 90.4 Å². The Morgan fingerprint density at radius 1 is 0.452 bits per heavy atom. The van der Waals surface area contributed by atoms with Gasteiger partial charge < -0.3 is 108 Å². The third-order valence-corrected chi connectivity index (χ3v) is 20.9. The number of aliphatic hydroxyl groups is 3. The Morgan fingerprint density at radius 3 is 1.33 bits per heavy atom. The second-order valence-electron chi connectivity index (χ2n) is 24.3. The number of benzene rings is 7. The van der Waals surface area contributed by atoms with Gasteiger partial charge in [0.05, 0.1) is 49.2 Å². The smallest absolute Gasteiger partial charge is 0.408 e. The van der Waals surface area contributed by atoms with E-state index in [1.54, 1.807) is 36.4 Å². The monoisotopic (exact) mass is 2820 g/mol. The van der Waals surface area contributed by atoms with Gasteiger partial charge in [-0.3, -0.25) is 19.2 Å². The number of esters is 1. The molecule has 6 aromatic carbocycles. The number of ether oxygens (including phenoxy) is 2. The molecule has 13 rings (SSSR count). The first-order chi connectivity index (χ1) is 55.3. The molecule has 0 saturated heterocycles. The summed E-state index contributed by atoms with van der Waals surface area (Å²) < 4.78 is 42.6. The van der Waals surface area contributed by atoms with Gasteiger partial charge in [-0.05, 0) is 180 Å². The summed E-state index contributed by atoms with van der Waals surface area (Å²) in [5, 5.41) is 116. The molecule has 6 heterocycles. The summed E-state index contributed by atoms with van der Waals surface area (Å²) in [6, 6.07) is 24.9. The van der Waals surface area contributed by atoms with Crippen molar-refractivity contribution in [1.29, 1.82) is 0 Å². The normalized spacial score (nSPS) is 10.6. The van der Waals surface area contributed by atoms with E-state index in [2.05, 4.69) is 101 Å². The number of halogens is 8. The van der Waals surface area contributed by atoms with Crippen LogP contribution in [-0.2, 0) is 67.6 Å². The van der Waals surface area contributed by atoms with Gasteiger partial charge in [-0.15, -0.1) is 11.6 Å². The number of aromatic hydroxyl groups is 6. The number of hydrogen-bond donors (Lipinski definition) is 14. The Hall–Kier alpha value is -6.37. The molecule has 44 heteroatoms. The number of carboxylic acids is 3. The predicted molar refractivity (Wildman–Crippen MR) is 481 cm³/mol. The Morgan fingerprint density at radius 2 is 0.889 bits per heavy atom. The van der Waals surface area contributed by atoms with Crippen molar-refractivity contribution in [3.63, 3.8) is 0 Å². The standard InChI is InChI=1S/C16H14BrNO9.C16H16BrNO7.C14H9ClO3.C10H5Br3O4.C10H7BrO4.C10H7ClO4.6CH4.3Ac/c17-9-4-8-7(3-14(22)27-12(8)5-11(9)19)6-26-16(25)18-10(15(23)24)1-2-13(20)21;17-11-5-10-8(3-16(23)25-13(10)6-12(11)19)7-24-15(22)2-1-9(18)4-14(20)21;15-7-12-10-3-1-8(16)5-13(10)18-14-6-9(17)2-4-11(12)14;11-5-1-3-4(2-14)6(12)10(16)17-9(3)7(13)8(5)15;2*11-7-2-6-5(4-12)1-10(14)15-9(6)3-8(7)13;;;;;;;;;/h3-5,10,19H,1-2,6H2,(H,18,25)(H,20,21)(H,23,24);3,5-6,9,19H,1-2,4,7,18H2,(H,20,21);1-6,16H,7H2;1,14-15H,2H2;2*1-3,12-13H,4H2;6*1H4;;;. The molecule has 671 valence electrons. The molecule has 0 saturated carbocycles. The van der Waals surface area contributed by atoms with Crippen molar-refractivity contribution in [3.05, 3.63) is 243 Å². The number of amides is 1. The molecule has 126 heavy (non-hydrogen) atoms. The third kappa shape index (κ3) is 33.2. The molecule has 2 atom stereocenters. The number of carboxylic acid groups (broad SMARTS) is 3. The summed E-state index contributed by atoms with van der Waals surface area (Å²) in [5.74, 6) is -3.76. The van der Waals surface area contributed by atoms with Crippen LogP contribution >= 0.6 is 119 Å². The molecule has 1 aliphatic carbocycles. The van der Waals surface area contributed by atoms with Crippen molar-refractivity contribution in [2.75, 3.05) is 0 Å². The Labute approximate surface area is 883 Å². The van der Waals surface area contributed by atoms with Crippen LogP contribution in [0, 0.1) is 132 Å². The number of carbonyl (C=O) groups excluding carboxylic acids is 2. The first kappa shape index (κ1) is 122. The molecule has 2 aliphatic rings. The quantitative estimate of drug-likeness (QED) is 0.0164. The Bertz CT molecular complexity index is 6260. The molecule has 15 N–H and O–H groups in total. The number of nitrogens with two attached hydrogens (primary N) is 1. The minimum Gasteiger partial charge on any atom is -0.508 e. The van der Waals surface area contributed by atoms with Crippen LogP contribution in [0.4, 0.5) is 4.79 Å². The maximum absolute atomic E-state index is 11.8. The van der Waals surface area contributed by atoms with Crippen LogP contribution in [0.15, 0.2) is 197 Å². The van der Waals surface area contributed by atoms with E-state index in [1.165, 1.54) is 72.8 Å². The van der Waals surface area contributed by atoms with E-state index >= 15 is 0 Å². The van der Waals surface area contributed by atoms with Crippen molar-refractivity contribution in [3.8, 4) is 45.8 Å². The molecule has 5 aromatic heterocycles. The number of alkyl halides is 1. The van der Waals surface area contributed by atoms with Gasteiger partial charge in [-0.1, -0.05) is 56.2 Å². The molecule has 2 unspecified atom stereocenters. The zero-order valence-electron chi connectivity index (χ0n) is 60.9. The minimum absolute atomic E-state index is 0. The fourth-order valence-corrected chi connectivity index (χ4v) is 13.8. The summed E-state index contributed by atoms with van der Waals surface area (Å²) >= 11 is 30.5. The van der Waals surface area contributed by atoms with Gasteiger partial charge in [0.1, 0.15) is 96.4 Å². The van der Waals surface area contributed by atoms with Gasteiger partial charge in [-0.25, -0.2) is 33.6 Å². The van der Waals surface area contributed by atoms with Crippen molar-refractivity contribution < 1.29 is 253 Å². The van der Waals surface area contributed by atoms with Gasteiger partial charge in [0.15, 0.2) is 11.0 Å². The SMILES string of the molecule is C.C.C.C.C.C.NC(CCC(=O)OCc1cc(=O)oc2cc(O)c(Br)cc12)CC(=O)O.O=C(O)CCC(NC(=O)OCc1cc(=O)oc2cc(O)c(Br)cc12)C(=O)O.O=c1cc(CO)c2cc(Br)c(O)cc2o1.O=c1cc(CO)c2cc(Cl)c(O)cc2o1.O=c1ccc2c(CCl)c3ccc(O)cc3oc-2c1.O=c1oc2c(Br)c(O)c(Br)cc2c(CO)c1Br.[Ac].[Ac].[Ac]. The fourth-order valence-electron chi connectivity index (χ4n) is 10.7. The van der Waals surface area contributed by atoms with Gasteiger partial charge in [-0.2, -0.15) is 0 Å². The van der Waals surface area contributed by atoms with Crippen LogP contribution in [0.25, 0.3) is 77.1 Å². The summed E-state index contributed by atoms with van der Waals surface area (Å²) in [7, 11) is 0. The topological polar surface area (TPSA) is 566 Å². The Balaban J connectivity index is 0. The third-order valence-electron chi connectivity index (χ3n) is 16.3. The summed E-state index contributed by atoms with van der Waals surface area (Å²) in [4.78, 5) is 124. The molecule has 3 radical (unpaired) electrons. The van der Waals surface area contributed by atoms with E-state index in [1.807, 2.05) is 0 Å².